The Bertz CT molecular complexity index is 478. The highest BCUT2D eigenvalue weighted by atomic mass is 79.9. The molecule has 0 radical (unpaired) electrons. The van der Waals surface area contributed by atoms with E-state index < -0.39 is 11.9 Å². The van der Waals surface area contributed by atoms with Crippen LogP contribution in [0.15, 0.2) is 4.60 Å². The second kappa shape index (κ2) is 4.68. The van der Waals surface area contributed by atoms with Crippen LogP contribution in [0.2, 0.25) is 0 Å². The molecule has 1 atom stereocenters. The SMILES string of the molecule is O=C(O)C1CCCn2c(C3CCCC3)nc(Br)c21. The minimum atomic E-state index is -0.727. The van der Waals surface area contributed by atoms with Crippen LogP contribution in [0.1, 0.15) is 61.9 Å². The third kappa shape index (κ3) is 1.88. The van der Waals surface area contributed by atoms with Crippen molar-refractivity contribution in [3.05, 3.63) is 16.1 Å². The van der Waals surface area contributed by atoms with Gasteiger partial charge < -0.3 is 9.67 Å². The molecule has 1 unspecified atom stereocenters. The summed E-state index contributed by atoms with van der Waals surface area (Å²) in [5, 5.41) is 9.32. The van der Waals surface area contributed by atoms with Gasteiger partial charge in [-0.15, -0.1) is 0 Å². The summed E-state index contributed by atoms with van der Waals surface area (Å²) >= 11 is 3.46. The van der Waals surface area contributed by atoms with Crippen LogP contribution in [0.5, 0.6) is 0 Å². The summed E-state index contributed by atoms with van der Waals surface area (Å²) < 4.78 is 2.92. The monoisotopic (exact) mass is 312 g/mol. The molecule has 1 fully saturated rings. The zero-order chi connectivity index (χ0) is 12.7. The van der Waals surface area contributed by atoms with Crippen LogP contribution in [0.25, 0.3) is 0 Å². The standard InChI is InChI=1S/C13H17BrN2O2/c14-11-10-9(13(17)18)6-3-7-16(10)12(15-11)8-4-1-2-5-8/h8-9H,1-7H2,(H,17,18). The van der Waals surface area contributed by atoms with E-state index >= 15 is 0 Å². The highest BCUT2D eigenvalue weighted by molar-refractivity contribution is 9.10. The lowest BCUT2D eigenvalue weighted by Gasteiger charge is -2.24. The Labute approximate surface area is 115 Å². The first-order chi connectivity index (χ1) is 8.68. The number of imidazole rings is 1. The topological polar surface area (TPSA) is 55.1 Å². The molecule has 0 saturated heterocycles. The number of aliphatic carboxylic acids is 1. The molecule has 2 aliphatic rings. The van der Waals surface area contributed by atoms with Gasteiger partial charge in [0, 0.05) is 12.5 Å². The Kier molecular flexibility index (Phi) is 3.18. The van der Waals surface area contributed by atoms with E-state index in [1.807, 2.05) is 0 Å². The number of aromatic nitrogens is 2. The number of halogens is 1. The van der Waals surface area contributed by atoms with Gasteiger partial charge in [-0.1, -0.05) is 12.8 Å². The number of nitrogens with zero attached hydrogens (tertiary/aromatic N) is 2. The molecule has 0 amide bonds. The second-order valence-electron chi connectivity index (χ2n) is 5.31. The van der Waals surface area contributed by atoms with Crippen LogP contribution < -0.4 is 0 Å². The summed E-state index contributed by atoms with van der Waals surface area (Å²) in [6.07, 6.45) is 6.59. The molecule has 18 heavy (non-hydrogen) atoms. The van der Waals surface area contributed by atoms with E-state index in [0.717, 1.165) is 35.5 Å². The molecule has 4 nitrogen and oxygen atoms in total. The summed E-state index contributed by atoms with van der Waals surface area (Å²) in [4.78, 5) is 16.0. The van der Waals surface area contributed by atoms with Crippen molar-refractivity contribution in [2.24, 2.45) is 0 Å². The first kappa shape index (κ1) is 12.2. The number of carboxylic acid groups (broad SMARTS) is 1. The quantitative estimate of drug-likeness (QED) is 0.912. The Hall–Kier alpha value is -0.840. The number of hydrogen-bond donors (Lipinski definition) is 1. The van der Waals surface area contributed by atoms with Crippen molar-refractivity contribution in [2.75, 3.05) is 0 Å². The first-order valence-corrected chi connectivity index (χ1v) is 7.46. The van der Waals surface area contributed by atoms with Crippen LogP contribution in [0.3, 0.4) is 0 Å². The predicted octanol–water partition coefficient (Wildman–Crippen LogP) is 3.27. The summed E-state index contributed by atoms with van der Waals surface area (Å²) in [6.45, 7) is 0.920. The molecule has 0 aromatic carbocycles. The normalized spacial score (nSPS) is 24.2. The van der Waals surface area contributed by atoms with Crippen molar-refractivity contribution < 1.29 is 9.90 Å². The second-order valence-corrected chi connectivity index (χ2v) is 6.06. The molecule has 1 saturated carbocycles. The third-order valence-electron chi connectivity index (χ3n) is 4.21. The lowest BCUT2D eigenvalue weighted by molar-refractivity contribution is -0.139. The fraction of sp³-hybridized carbons (Fsp3) is 0.692. The number of rotatable bonds is 2. The smallest absolute Gasteiger partial charge is 0.312 e. The third-order valence-corrected chi connectivity index (χ3v) is 4.80. The van der Waals surface area contributed by atoms with Gasteiger partial charge in [0.1, 0.15) is 10.4 Å². The van der Waals surface area contributed by atoms with Crippen molar-refractivity contribution in [3.63, 3.8) is 0 Å². The Morgan fingerprint density at radius 2 is 2.00 bits per heavy atom. The van der Waals surface area contributed by atoms with Gasteiger partial charge in [0.2, 0.25) is 0 Å². The lowest BCUT2D eigenvalue weighted by Crippen LogP contribution is -2.23. The molecule has 1 aromatic heterocycles. The van der Waals surface area contributed by atoms with Crippen molar-refractivity contribution in [1.82, 2.24) is 9.55 Å². The van der Waals surface area contributed by atoms with Crippen molar-refractivity contribution in [1.29, 1.82) is 0 Å². The fourth-order valence-corrected chi connectivity index (χ4v) is 4.02. The van der Waals surface area contributed by atoms with Crippen LogP contribution in [-0.2, 0) is 11.3 Å². The van der Waals surface area contributed by atoms with Gasteiger partial charge in [0.25, 0.3) is 0 Å². The minimum absolute atomic E-state index is 0.393. The zero-order valence-electron chi connectivity index (χ0n) is 10.2. The maximum Gasteiger partial charge on any atom is 0.312 e. The Morgan fingerprint density at radius 3 is 2.67 bits per heavy atom. The van der Waals surface area contributed by atoms with Gasteiger partial charge in [0.15, 0.2) is 0 Å². The number of carboxylic acids is 1. The first-order valence-electron chi connectivity index (χ1n) is 6.67. The van der Waals surface area contributed by atoms with Crippen LogP contribution in [0, 0.1) is 0 Å². The minimum Gasteiger partial charge on any atom is -0.481 e. The van der Waals surface area contributed by atoms with Gasteiger partial charge in [-0.3, -0.25) is 4.79 Å². The molecule has 5 heteroatoms. The molecule has 1 N–H and O–H groups in total. The van der Waals surface area contributed by atoms with Gasteiger partial charge >= 0.3 is 5.97 Å². The van der Waals surface area contributed by atoms with E-state index in [0.29, 0.717) is 5.92 Å². The maximum atomic E-state index is 11.3. The predicted molar refractivity (Wildman–Crippen MR) is 70.7 cm³/mol. The highest BCUT2D eigenvalue weighted by Gasteiger charge is 2.34. The van der Waals surface area contributed by atoms with Gasteiger partial charge in [0.05, 0.1) is 11.6 Å². The summed E-state index contributed by atoms with van der Waals surface area (Å²) in [5.41, 5.74) is 0.885. The van der Waals surface area contributed by atoms with Gasteiger partial charge in [-0.2, -0.15) is 0 Å². The molecule has 0 spiro atoms. The molecule has 1 aliphatic carbocycles. The average molecular weight is 313 g/mol. The summed E-state index contributed by atoms with van der Waals surface area (Å²) in [5.74, 6) is 0.521. The largest absolute Gasteiger partial charge is 0.481 e. The van der Waals surface area contributed by atoms with E-state index in [9.17, 15) is 9.90 Å². The van der Waals surface area contributed by atoms with E-state index in [-0.39, 0.29) is 0 Å². The molecule has 1 aliphatic heterocycles. The van der Waals surface area contributed by atoms with Crippen LogP contribution in [0.4, 0.5) is 0 Å². The van der Waals surface area contributed by atoms with Crippen LogP contribution >= 0.6 is 15.9 Å². The van der Waals surface area contributed by atoms with Crippen molar-refractivity contribution in [3.8, 4) is 0 Å². The number of carbonyl (C=O) groups is 1. The molecule has 98 valence electrons. The average Bonchev–Trinajstić information content (AvgIpc) is 2.97. The van der Waals surface area contributed by atoms with Crippen molar-refractivity contribution in [2.45, 2.75) is 56.9 Å². The molecular formula is C13H17BrN2O2. The number of hydrogen-bond acceptors (Lipinski definition) is 2. The maximum absolute atomic E-state index is 11.3. The summed E-state index contributed by atoms with van der Waals surface area (Å²) in [7, 11) is 0. The molecule has 1 aromatic rings. The molecule has 2 heterocycles. The molecule has 3 rings (SSSR count). The van der Waals surface area contributed by atoms with E-state index in [2.05, 4.69) is 25.5 Å². The zero-order valence-corrected chi connectivity index (χ0v) is 11.8. The van der Waals surface area contributed by atoms with E-state index in [4.69, 9.17) is 0 Å². The van der Waals surface area contributed by atoms with Gasteiger partial charge in [-0.05, 0) is 41.6 Å². The van der Waals surface area contributed by atoms with E-state index in [1.54, 1.807) is 0 Å². The Balaban J connectivity index is 2.03. The lowest BCUT2D eigenvalue weighted by atomic mass is 9.96. The van der Waals surface area contributed by atoms with Gasteiger partial charge in [-0.25, -0.2) is 4.98 Å². The molecular weight excluding hydrogens is 296 g/mol. The van der Waals surface area contributed by atoms with Crippen LogP contribution in [-0.4, -0.2) is 20.6 Å². The van der Waals surface area contributed by atoms with E-state index in [1.165, 1.54) is 25.7 Å². The summed E-state index contributed by atoms with van der Waals surface area (Å²) in [6, 6.07) is 0. The highest BCUT2D eigenvalue weighted by Crippen LogP contribution is 2.40. The Morgan fingerprint density at radius 1 is 1.28 bits per heavy atom. The van der Waals surface area contributed by atoms with Crippen molar-refractivity contribution >= 4 is 21.9 Å². The molecule has 0 bridgehead atoms. The fourth-order valence-electron chi connectivity index (χ4n) is 3.35. The number of fused-ring (bicyclic) bond motifs is 1.